The van der Waals surface area contributed by atoms with Crippen LogP contribution < -0.4 is 0 Å². The SMILES string of the molecule is CC1(O)CC2(O)CC(O)C3(O)C(CC(O)C3(C)C)C(C)(O)C3CCC1C32. The number of rotatable bonds is 0. The van der Waals surface area contributed by atoms with Crippen molar-refractivity contribution in [3.05, 3.63) is 0 Å². The highest BCUT2D eigenvalue weighted by atomic mass is 16.4. The number of aliphatic hydroxyl groups is 6. The van der Waals surface area contributed by atoms with Gasteiger partial charge in [-0.15, -0.1) is 0 Å². The predicted octanol–water partition coefficient (Wildman–Crippen LogP) is 0.168. The van der Waals surface area contributed by atoms with E-state index in [1.165, 1.54) is 0 Å². The van der Waals surface area contributed by atoms with Crippen LogP contribution in [0.5, 0.6) is 0 Å². The van der Waals surface area contributed by atoms with Crippen molar-refractivity contribution in [2.45, 2.75) is 94.4 Å². The van der Waals surface area contributed by atoms with Gasteiger partial charge in [0.25, 0.3) is 0 Å². The van der Waals surface area contributed by atoms with E-state index in [-0.39, 0.29) is 37.0 Å². The molecule has 4 aliphatic carbocycles. The van der Waals surface area contributed by atoms with Crippen LogP contribution in [0, 0.1) is 29.1 Å². The Balaban J connectivity index is 1.89. The summed E-state index contributed by atoms with van der Waals surface area (Å²) in [7, 11) is 0. The number of aliphatic hydroxyl groups excluding tert-OH is 2. The summed E-state index contributed by atoms with van der Waals surface area (Å²) in [5, 5.41) is 67.4. The zero-order valence-electron chi connectivity index (χ0n) is 16.2. The van der Waals surface area contributed by atoms with Crippen LogP contribution in [0.4, 0.5) is 0 Å². The van der Waals surface area contributed by atoms with Crippen molar-refractivity contribution < 1.29 is 30.6 Å². The van der Waals surface area contributed by atoms with E-state index in [2.05, 4.69) is 0 Å². The molecule has 0 spiro atoms. The first-order valence-corrected chi connectivity index (χ1v) is 9.95. The maximum absolute atomic E-state index is 11.7. The molecule has 10 atom stereocenters. The van der Waals surface area contributed by atoms with Gasteiger partial charge in [0.05, 0.1) is 29.0 Å². The third kappa shape index (κ3) is 1.98. The Morgan fingerprint density at radius 2 is 1.38 bits per heavy atom. The second kappa shape index (κ2) is 5.02. The van der Waals surface area contributed by atoms with E-state index in [1.807, 2.05) is 0 Å². The topological polar surface area (TPSA) is 121 Å². The minimum absolute atomic E-state index is 0.0555. The summed E-state index contributed by atoms with van der Waals surface area (Å²) in [6, 6.07) is 0. The molecule has 4 saturated carbocycles. The molecule has 0 aromatic heterocycles. The van der Waals surface area contributed by atoms with Crippen LogP contribution in [0.25, 0.3) is 0 Å². The number of hydrogen-bond acceptors (Lipinski definition) is 6. The molecular formula is C20H34O6. The standard InChI is InChI=1S/C20H34O6/c1-16(2)13(21)7-12-18(4,24)11-6-5-10-15(11)19(25,9-17(10,3)23)8-14(22)20(12,16)26/h10-15,21-26H,5-9H2,1-4H3. The van der Waals surface area contributed by atoms with Crippen LogP contribution in [0.1, 0.15) is 59.8 Å². The summed E-state index contributed by atoms with van der Waals surface area (Å²) in [6.07, 6.45) is -0.522. The van der Waals surface area contributed by atoms with Gasteiger partial charge in [-0.2, -0.15) is 0 Å². The molecule has 0 amide bonds. The van der Waals surface area contributed by atoms with Gasteiger partial charge in [0.15, 0.2) is 0 Å². The lowest BCUT2D eigenvalue weighted by Gasteiger charge is -2.55. The Morgan fingerprint density at radius 3 is 2.00 bits per heavy atom. The first-order chi connectivity index (χ1) is 11.7. The van der Waals surface area contributed by atoms with Crippen LogP contribution in [0.3, 0.4) is 0 Å². The maximum Gasteiger partial charge on any atom is 0.104 e. The van der Waals surface area contributed by atoms with E-state index in [0.29, 0.717) is 12.8 Å². The van der Waals surface area contributed by atoms with Gasteiger partial charge in [0.1, 0.15) is 5.60 Å². The molecule has 150 valence electrons. The lowest BCUT2D eigenvalue weighted by molar-refractivity contribution is -0.247. The second-order valence-corrected chi connectivity index (χ2v) is 10.8. The monoisotopic (exact) mass is 370 g/mol. The summed E-state index contributed by atoms with van der Waals surface area (Å²) in [6.45, 7) is 6.83. The van der Waals surface area contributed by atoms with Crippen molar-refractivity contribution in [2.24, 2.45) is 29.1 Å². The van der Waals surface area contributed by atoms with Crippen molar-refractivity contribution in [1.82, 2.24) is 0 Å². The third-order valence-electron chi connectivity index (χ3n) is 9.11. The number of hydrogen-bond donors (Lipinski definition) is 6. The molecule has 0 radical (unpaired) electrons. The van der Waals surface area contributed by atoms with Gasteiger partial charge in [0.2, 0.25) is 0 Å². The van der Waals surface area contributed by atoms with Crippen molar-refractivity contribution >= 4 is 0 Å². The average molecular weight is 370 g/mol. The molecular weight excluding hydrogens is 336 g/mol. The van der Waals surface area contributed by atoms with Crippen LogP contribution in [0.2, 0.25) is 0 Å². The summed E-state index contributed by atoms with van der Waals surface area (Å²) < 4.78 is 0. The first kappa shape index (κ1) is 19.1. The van der Waals surface area contributed by atoms with Crippen molar-refractivity contribution in [2.75, 3.05) is 0 Å². The minimum atomic E-state index is -1.72. The zero-order chi connectivity index (χ0) is 19.5. The molecule has 0 aromatic carbocycles. The molecule has 26 heavy (non-hydrogen) atoms. The van der Waals surface area contributed by atoms with E-state index in [9.17, 15) is 30.6 Å². The quantitative estimate of drug-likeness (QED) is 0.361. The van der Waals surface area contributed by atoms with E-state index in [1.54, 1.807) is 27.7 Å². The third-order valence-corrected chi connectivity index (χ3v) is 9.11. The fourth-order valence-corrected chi connectivity index (χ4v) is 7.69. The highest BCUT2D eigenvalue weighted by molar-refractivity contribution is 5.24. The van der Waals surface area contributed by atoms with E-state index < -0.39 is 45.9 Å². The molecule has 6 N–H and O–H groups in total. The van der Waals surface area contributed by atoms with Gasteiger partial charge in [-0.05, 0) is 50.9 Å². The second-order valence-electron chi connectivity index (χ2n) is 10.8. The Kier molecular flexibility index (Phi) is 3.69. The maximum atomic E-state index is 11.7. The molecule has 6 heteroatoms. The molecule has 0 bridgehead atoms. The predicted molar refractivity (Wildman–Crippen MR) is 94.0 cm³/mol. The van der Waals surface area contributed by atoms with Crippen LogP contribution in [0.15, 0.2) is 0 Å². The summed E-state index contributed by atoms with van der Waals surface area (Å²) in [5.74, 6) is -1.46. The van der Waals surface area contributed by atoms with Crippen LogP contribution in [-0.4, -0.2) is 65.3 Å². The highest BCUT2D eigenvalue weighted by Gasteiger charge is 2.74. The normalized spacial score (nSPS) is 63.9. The summed E-state index contributed by atoms with van der Waals surface area (Å²) in [4.78, 5) is 0. The molecule has 4 fully saturated rings. The van der Waals surface area contributed by atoms with E-state index in [4.69, 9.17) is 0 Å². The summed E-state index contributed by atoms with van der Waals surface area (Å²) in [5.41, 5.74) is -6.50. The van der Waals surface area contributed by atoms with Gasteiger partial charge in [-0.25, -0.2) is 0 Å². The van der Waals surface area contributed by atoms with Crippen LogP contribution >= 0.6 is 0 Å². The lowest BCUT2D eigenvalue weighted by atomic mass is 9.56. The average Bonchev–Trinajstić information content (AvgIpc) is 3.08. The van der Waals surface area contributed by atoms with Gasteiger partial charge in [-0.1, -0.05) is 13.8 Å². The number of fused-ring (bicyclic) bond motifs is 1. The zero-order valence-corrected chi connectivity index (χ0v) is 16.2. The van der Waals surface area contributed by atoms with Crippen LogP contribution in [-0.2, 0) is 0 Å². The molecule has 0 heterocycles. The fourth-order valence-electron chi connectivity index (χ4n) is 7.69. The largest absolute Gasteiger partial charge is 0.392 e. The molecule has 6 nitrogen and oxygen atoms in total. The van der Waals surface area contributed by atoms with Gasteiger partial charge < -0.3 is 30.6 Å². The molecule has 10 unspecified atom stereocenters. The molecule has 4 rings (SSSR count). The smallest absolute Gasteiger partial charge is 0.104 e. The fraction of sp³-hybridized carbons (Fsp3) is 1.00. The molecule has 4 aliphatic rings. The lowest BCUT2D eigenvalue weighted by Crippen LogP contribution is -2.67. The van der Waals surface area contributed by atoms with Gasteiger partial charge in [0, 0.05) is 24.2 Å². The van der Waals surface area contributed by atoms with Gasteiger partial charge in [-0.3, -0.25) is 0 Å². The Labute approximate surface area is 154 Å². The molecule has 0 aromatic rings. The van der Waals surface area contributed by atoms with Crippen molar-refractivity contribution in [1.29, 1.82) is 0 Å². The Morgan fingerprint density at radius 1 is 0.808 bits per heavy atom. The first-order valence-electron chi connectivity index (χ1n) is 9.95. The minimum Gasteiger partial charge on any atom is -0.392 e. The highest BCUT2D eigenvalue weighted by Crippen LogP contribution is 2.67. The van der Waals surface area contributed by atoms with Crippen molar-refractivity contribution in [3.63, 3.8) is 0 Å². The summed E-state index contributed by atoms with van der Waals surface area (Å²) >= 11 is 0. The van der Waals surface area contributed by atoms with E-state index >= 15 is 0 Å². The Hall–Kier alpha value is -0.240. The molecule has 0 aliphatic heterocycles. The van der Waals surface area contributed by atoms with E-state index in [0.717, 1.165) is 0 Å². The molecule has 0 saturated heterocycles. The van der Waals surface area contributed by atoms with Crippen molar-refractivity contribution in [3.8, 4) is 0 Å². The Bertz CT molecular complexity index is 615. The van der Waals surface area contributed by atoms with Gasteiger partial charge >= 0.3 is 0 Å².